The number of hydrogen-bond acceptors (Lipinski definition) is 4. The summed E-state index contributed by atoms with van der Waals surface area (Å²) in [5, 5.41) is 0.500. The summed E-state index contributed by atoms with van der Waals surface area (Å²) in [6, 6.07) is 0.418. The molecule has 0 bridgehead atoms. The highest BCUT2D eigenvalue weighted by Gasteiger charge is 2.18. The Morgan fingerprint density at radius 1 is 1.31 bits per heavy atom. The zero-order valence-electron chi connectivity index (χ0n) is 8.28. The maximum atomic E-state index is 5.88. The highest BCUT2D eigenvalue weighted by molar-refractivity contribution is 6.99. The third-order valence-electron chi connectivity index (χ3n) is 2.34. The van der Waals surface area contributed by atoms with Crippen LogP contribution in [0, 0.1) is 5.92 Å². The van der Waals surface area contributed by atoms with E-state index in [4.69, 9.17) is 11.6 Å². The molecule has 1 unspecified atom stereocenters. The molecule has 1 heterocycles. The van der Waals surface area contributed by atoms with Gasteiger partial charge in [0, 0.05) is 13.1 Å². The molecule has 0 aliphatic heterocycles. The molecule has 5 heteroatoms. The van der Waals surface area contributed by atoms with E-state index in [1.165, 1.54) is 0 Å². The molecule has 0 fully saturated rings. The van der Waals surface area contributed by atoms with E-state index in [0.29, 0.717) is 17.1 Å². The maximum Gasteiger partial charge on any atom is 0.187 e. The van der Waals surface area contributed by atoms with Crippen molar-refractivity contribution in [3.63, 3.8) is 0 Å². The second kappa shape index (κ2) is 4.24. The Balaban J connectivity index is 2.79. The first-order chi connectivity index (χ1) is 6.04. The molecule has 0 saturated carbocycles. The molecular weight excluding hydrogens is 206 g/mol. The Kier molecular flexibility index (Phi) is 3.50. The molecule has 0 aliphatic rings. The smallest absolute Gasteiger partial charge is 0.187 e. The second-order valence-electron chi connectivity index (χ2n) is 3.47. The highest BCUT2D eigenvalue weighted by Crippen LogP contribution is 2.24. The maximum absolute atomic E-state index is 5.88. The van der Waals surface area contributed by atoms with Gasteiger partial charge in [0.2, 0.25) is 0 Å². The monoisotopic (exact) mass is 219 g/mol. The van der Waals surface area contributed by atoms with E-state index in [9.17, 15) is 0 Å². The van der Waals surface area contributed by atoms with Gasteiger partial charge >= 0.3 is 0 Å². The molecule has 0 aliphatic carbocycles. The Labute approximate surface area is 88.0 Å². The largest absolute Gasteiger partial charge is 0.353 e. The molecule has 0 N–H and O–H groups in total. The van der Waals surface area contributed by atoms with Crippen molar-refractivity contribution in [2.24, 2.45) is 5.92 Å². The normalized spacial score (nSPS) is 13.4. The Bertz CT molecular complexity index is 274. The van der Waals surface area contributed by atoms with Crippen LogP contribution in [-0.4, -0.2) is 21.8 Å². The fraction of sp³-hybridized carbons (Fsp3) is 0.750. The van der Waals surface area contributed by atoms with Crippen molar-refractivity contribution in [1.82, 2.24) is 8.75 Å². The first-order valence-corrected chi connectivity index (χ1v) is 5.35. The average Bonchev–Trinajstić information content (AvgIpc) is 2.48. The fourth-order valence-corrected chi connectivity index (χ4v) is 1.83. The van der Waals surface area contributed by atoms with Crippen molar-refractivity contribution >= 4 is 29.1 Å². The molecule has 0 spiro atoms. The summed E-state index contributed by atoms with van der Waals surface area (Å²) in [5.41, 5.74) is 0. The standard InChI is InChI=1S/C8H14ClN3S/c1-5(2)6(3)12(4)8-7(9)10-13-11-8/h5-6H,1-4H3. The third-order valence-corrected chi connectivity index (χ3v) is 3.22. The van der Waals surface area contributed by atoms with Gasteiger partial charge in [-0.25, -0.2) is 0 Å². The molecule has 0 amide bonds. The van der Waals surface area contributed by atoms with E-state index in [-0.39, 0.29) is 0 Å². The van der Waals surface area contributed by atoms with Gasteiger partial charge in [-0.05, 0) is 12.8 Å². The lowest BCUT2D eigenvalue weighted by Gasteiger charge is -2.27. The minimum Gasteiger partial charge on any atom is -0.353 e. The van der Waals surface area contributed by atoms with Crippen molar-refractivity contribution in [2.45, 2.75) is 26.8 Å². The van der Waals surface area contributed by atoms with Crippen LogP contribution in [-0.2, 0) is 0 Å². The van der Waals surface area contributed by atoms with Gasteiger partial charge in [-0.3, -0.25) is 0 Å². The zero-order valence-corrected chi connectivity index (χ0v) is 9.85. The van der Waals surface area contributed by atoms with Crippen LogP contribution in [0.5, 0.6) is 0 Å². The molecule has 0 saturated heterocycles. The van der Waals surface area contributed by atoms with Crippen molar-refractivity contribution < 1.29 is 0 Å². The van der Waals surface area contributed by atoms with E-state index < -0.39 is 0 Å². The lowest BCUT2D eigenvalue weighted by Crippen LogP contribution is -2.33. The molecule has 0 radical (unpaired) electrons. The van der Waals surface area contributed by atoms with Gasteiger partial charge in [0.05, 0.1) is 11.7 Å². The molecule has 13 heavy (non-hydrogen) atoms. The van der Waals surface area contributed by atoms with Crippen LogP contribution in [0.2, 0.25) is 5.15 Å². The predicted molar refractivity (Wildman–Crippen MR) is 57.6 cm³/mol. The van der Waals surface area contributed by atoms with Crippen LogP contribution in [0.15, 0.2) is 0 Å². The minimum absolute atomic E-state index is 0.418. The van der Waals surface area contributed by atoms with E-state index in [1.807, 2.05) is 7.05 Å². The predicted octanol–water partition coefficient (Wildman–Crippen LogP) is 2.67. The van der Waals surface area contributed by atoms with Gasteiger partial charge in [-0.15, -0.1) is 0 Å². The summed E-state index contributed by atoms with van der Waals surface area (Å²) in [5.74, 6) is 1.36. The highest BCUT2D eigenvalue weighted by atomic mass is 35.5. The number of rotatable bonds is 3. The summed E-state index contributed by atoms with van der Waals surface area (Å²) < 4.78 is 8.08. The first kappa shape index (κ1) is 10.7. The molecule has 0 aromatic carbocycles. The molecule has 1 aromatic heterocycles. The summed E-state index contributed by atoms with van der Waals surface area (Å²) in [6.45, 7) is 6.50. The van der Waals surface area contributed by atoms with E-state index in [2.05, 4.69) is 34.4 Å². The molecule has 1 rings (SSSR count). The van der Waals surface area contributed by atoms with Gasteiger partial charge in [-0.2, -0.15) is 8.75 Å². The quantitative estimate of drug-likeness (QED) is 0.783. The van der Waals surface area contributed by atoms with Gasteiger partial charge in [-0.1, -0.05) is 25.4 Å². The summed E-state index contributed by atoms with van der Waals surface area (Å²) in [4.78, 5) is 2.07. The minimum atomic E-state index is 0.418. The van der Waals surface area contributed by atoms with Crippen LogP contribution < -0.4 is 4.90 Å². The van der Waals surface area contributed by atoms with Crippen molar-refractivity contribution in [1.29, 1.82) is 0 Å². The van der Waals surface area contributed by atoms with Crippen LogP contribution in [0.25, 0.3) is 0 Å². The van der Waals surface area contributed by atoms with Crippen LogP contribution in [0.1, 0.15) is 20.8 Å². The van der Waals surface area contributed by atoms with E-state index in [1.54, 1.807) is 0 Å². The fourth-order valence-electron chi connectivity index (χ4n) is 1.02. The molecular formula is C8H14ClN3S. The number of halogens is 1. The average molecular weight is 220 g/mol. The summed E-state index contributed by atoms with van der Waals surface area (Å²) in [6.07, 6.45) is 0. The van der Waals surface area contributed by atoms with Crippen LogP contribution >= 0.6 is 23.3 Å². The van der Waals surface area contributed by atoms with Crippen LogP contribution in [0.3, 0.4) is 0 Å². The molecule has 1 atom stereocenters. The molecule has 74 valence electrons. The van der Waals surface area contributed by atoms with Gasteiger partial charge in [0.15, 0.2) is 11.0 Å². The van der Waals surface area contributed by atoms with Gasteiger partial charge in [0.25, 0.3) is 0 Å². The Morgan fingerprint density at radius 3 is 2.31 bits per heavy atom. The number of aromatic nitrogens is 2. The molecule has 1 aromatic rings. The second-order valence-corrected chi connectivity index (χ2v) is 4.36. The van der Waals surface area contributed by atoms with Crippen molar-refractivity contribution in [3.8, 4) is 0 Å². The number of anilines is 1. The number of nitrogens with zero attached hydrogens (tertiary/aromatic N) is 3. The van der Waals surface area contributed by atoms with Crippen molar-refractivity contribution in [2.75, 3.05) is 11.9 Å². The number of hydrogen-bond donors (Lipinski definition) is 0. The summed E-state index contributed by atoms with van der Waals surface area (Å²) in [7, 11) is 1.99. The first-order valence-electron chi connectivity index (χ1n) is 4.25. The Hall–Kier alpha value is -0.350. The topological polar surface area (TPSA) is 29.0 Å². The zero-order chi connectivity index (χ0) is 10.0. The molecule has 3 nitrogen and oxygen atoms in total. The van der Waals surface area contributed by atoms with Gasteiger partial charge in [0.1, 0.15) is 0 Å². The van der Waals surface area contributed by atoms with E-state index in [0.717, 1.165) is 17.5 Å². The van der Waals surface area contributed by atoms with Gasteiger partial charge < -0.3 is 4.90 Å². The summed E-state index contributed by atoms with van der Waals surface area (Å²) >= 11 is 7.03. The van der Waals surface area contributed by atoms with Crippen LogP contribution in [0.4, 0.5) is 5.82 Å². The third kappa shape index (κ3) is 2.31. The lowest BCUT2D eigenvalue weighted by atomic mass is 10.1. The SMILES string of the molecule is CC(C)C(C)N(C)c1nsnc1Cl. The Morgan fingerprint density at radius 2 is 1.92 bits per heavy atom. The van der Waals surface area contributed by atoms with Crippen molar-refractivity contribution in [3.05, 3.63) is 5.15 Å². The lowest BCUT2D eigenvalue weighted by molar-refractivity contribution is 0.503. The van der Waals surface area contributed by atoms with E-state index >= 15 is 0 Å².